The van der Waals surface area contributed by atoms with E-state index >= 15 is 0 Å². The molecule has 0 saturated carbocycles. The first-order valence-corrected chi connectivity index (χ1v) is 7.81. The average Bonchev–Trinajstić information content (AvgIpc) is 2.55. The maximum Gasteiger partial charge on any atom is 0.404 e. The van der Waals surface area contributed by atoms with Crippen molar-refractivity contribution in [2.45, 2.75) is 44.1 Å². The van der Waals surface area contributed by atoms with Crippen LogP contribution in [0.1, 0.15) is 30.6 Å². The standard InChI is InChI=1S/C18H21F3N2O/c1-13(11-16(24)15-5-3-2-4-6-15)23-17(18(19,20)21)12-14-7-9-22-10-8-14/h2-10,13,16-17,23-24H,11-12H2,1H3. The van der Waals surface area contributed by atoms with Gasteiger partial charge in [-0.15, -0.1) is 0 Å². The third-order valence-electron chi connectivity index (χ3n) is 3.83. The number of benzene rings is 1. The maximum atomic E-state index is 13.3. The van der Waals surface area contributed by atoms with Crippen LogP contribution in [0, 0.1) is 0 Å². The maximum absolute atomic E-state index is 13.3. The van der Waals surface area contributed by atoms with Crippen molar-refractivity contribution in [1.82, 2.24) is 10.3 Å². The molecule has 1 heterocycles. The van der Waals surface area contributed by atoms with Crippen LogP contribution in [0.3, 0.4) is 0 Å². The van der Waals surface area contributed by atoms with Crippen LogP contribution in [0.15, 0.2) is 54.9 Å². The first-order chi connectivity index (χ1) is 11.4. The SMILES string of the molecule is CC(CC(O)c1ccccc1)NC(Cc1ccncc1)C(F)(F)F. The number of aliphatic hydroxyl groups excluding tert-OH is 1. The Morgan fingerprint density at radius 2 is 1.71 bits per heavy atom. The summed E-state index contributed by atoms with van der Waals surface area (Å²) in [5, 5.41) is 12.8. The fourth-order valence-corrected chi connectivity index (χ4v) is 2.58. The summed E-state index contributed by atoms with van der Waals surface area (Å²) in [4.78, 5) is 3.81. The molecule has 1 aromatic heterocycles. The lowest BCUT2D eigenvalue weighted by Crippen LogP contribution is -2.48. The number of alkyl halides is 3. The van der Waals surface area contributed by atoms with Crippen LogP contribution in [0.2, 0.25) is 0 Å². The molecule has 0 amide bonds. The fourth-order valence-electron chi connectivity index (χ4n) is 2.58. The Hall–Kier alpha value is -1.92. The minimum atomic E-state index is -4.37. The number of aromatic nitrogens is 1. The fraction of sp³-hybridized carbons (Fsp3) is 0.389. The van der Waals surface area contributed by atoms with Crippen LogP contribution < -0.4 is 5.32 Å². The second-order valence-corrected chi connectivity index (χ2v) is 5.88. The van der Waals surface area contributed by atoms with E-state index in [1.165, 1.54) is 12.4 Å². The smallest absolute Gasteiger partial charge is 0.388 e. The van der Waals surface area contributed by atoms with Gasteiger partial charge in [0, 0.05) is 18.4 Å². The van der Waals surface area contributed by atoms with Gasteiger partial charge >= 0.3 is 6.18 Å². The summed E-state index contributed by atoms with van der Waals surface area (Å²) in [5.74, 6) is 0. The highest BCUT2D eigenvalue weighted by molar-refractivity contribution is 5.17. The minimum absolute atomic E-state index is 0.169. The van der Waals surface area contributed by atoms with Crippen LogP contribution in [0.5, 0.6) is 0 Å². The number of hydrogen-bond acceptors (Lipinski definition) is 3. The van der Waals surface area contributed by atoms with Crippen molar-refractivity contribution in [2.24, 2.45) is 0 Å². The third kappa shape index (κ3) is 5.62. The molecule has 0 aliphatic heterocycles. The average molecular weight is 338 g/mol. The van der Waals surface area contributed by atoms with Crippen molar-refractivity contribution in [3.63, 3.8) is 0 Å². The summed E-state index contributed by atoms with van der Waals surface area (Å²) in [6.07, 6.45) is -2.18. The van der Waals surface area contributed by atoms with E-state index in [4.69, 9.17) is 0 Å². The topological polar surface area (TPSA) is 45.1 Å². The highest BCUT2D eigenvalue weighted by Gasteiger charge is 2.40. The minimum Gasteiger partial charge on any atom is -0.388 e. The van der Waals surface area contributed by atoms with Crippen LogP contribution in [0.4, 0.5) is 13.2 Å². The summed E-state index contributed by atoms with van der Waals surface area (Å²) in [5.41, 5.74) is 1.26. The molecule has 0 aliphatic carbocycles. The van der Waals surface area contributed by atoms with Gasteiger partial charge < -0.3 is 10.4 Å². The first-order valence-electron chi connectivity index (χ1n) is 7.81. The molecular formula is C18H21F3N2O. The van der Waals surface area contributed by atoms with Crippen molar-refractivity contribution in [1.29, 1.82) is 0 Å². The predicted octanol–water partition coefficient (Wildman–Crippen LogP) is 3.66. The van der Waals surface area contributed by atoms with Gasteiger partial charge in [-0.2, -0.15) is 13.2 Å². The zero-order valence-electron chi connectivity index (χ0n) is 13.4. The second-order valence-electron chi connectivity index (χ2n) is 5.88. The lowest BCUT2D eigenvalue weighted by atomic mass is 10.0. The molecule has 0 fully saturated rings. The summed E-state index contributed by atoms with van der Waals surface area (Å²) < 4.78 is 39.9. The largest absolute Gasteiger partial charge is 0.404 e. The molecule has 0 spiro atoms. The summed E-state index contributed by atoms with van der Waals surface area (Å²) >= 11 is 0. The summed E-state index contributed by atoms with van der Waals surface area (Å²) in [7, 11) is 0. The molecule has 3 atom stereocenters. The van der Waals surface area contributed by atoms with Gasteiger partial charge in [-0.05, 0) is 43.0 Å². The van der Waals surface area contributed by atoms with Crippen molar-refractivity contribution in [3.8, 4) is 0 Å². The number of nitrogens with one attached hydrogen (secondary N) is 1. The summed E-state index contributed by atoms with van der Waals surface area (Å²) in [6, 6.07) is 9.91. The highest BCUT2D eigenvalue weighted by Crippen LogP contribution is 2.25. The van der Waals surface area contributed by atoms with E-state index in [0.717, 1.165) is 0 Å². The molecule has 2 aromatic rings. The van der Waals surface area contributed by atoms with E-state index in [0.29, 0.717) is 11.1 Å². The molecule has 2 N–H and O–H groups in total. The molecule has 0 bridgehead atoms. The predicted molar refractivity (Wildman–Crippen MR) is 86.4 cm³/mol. The van der Waals surface area contributed by atoms with Crippen molar-refractivity contribution in [3.05, 3.63) is 66.0 Å². The van der Waals surface area contributed by atoms with Crippen LogP contribution in [-0.2, 0) is 6.42 Å². The normalized spacial score (nSPS) is 15.7. The van der Waals surface area contributed by atoms with Crippen molar-refractivity contribution >= 4 is 0 Å². The lowest BCUT2D eigenvalue weighted by molar-refractivity contribution is -0.157. The molecule has 24 heavy (non-hydrogen) atoms. The molecule has 130 valence electrons. The lowest BCUT2D eigenvalue weighted by Gasteiger charge is -2.27. The Bertz CT molecular complexity index is 605. The van der Waals surface area contributed by atoms with Gasteiger partial charge in [-0.25, -0.2) is 0 Å². The zero-order chi connectivity index (χ0) is 17.6. The zero-order valence-corrected chi connectivity index (χ0v) is 13.4. The quantitative estimate of drug-likeness (QED) is 0.810. The molecule has 0 aliphatic rings. The van der Waals surface area contributed by atoms with Crippen molar-refractivity contribution < 1.29 is 18.3 Å². The Morgan fingerprint density at radius 3 is 2.29 bits per heavy atom. The molecule has 0 radical (unpaired) electrons. The van der Waals surface area contributed by atoms with Crippen molar-refractivity contribution in [2.75, 3.05) is 0 Å². The van der Waals surface area contributed by atoms with Gasteiger partial charge in [-0.1, -0.05) is 30.3 Å². The Kier molecular flexibility index (Phi) is 6.34. The number of halogens is 3. The van der Waals surface area contributed by atoms with E-state index in [1.54, 1.807) is 43.3 Å². The first kappa shape index (κ1) is 18.4. The Balaban J connectivity index is 1.98. The molecule has 3 unspecified atom stereocenters. The van der Waals surface area contributed by atoms with Gasteiger partial charge in [0.1, 0.15) is 6.04 Å². The monoisotopic (exact) mass is 338 g/mol. The van der Waals surface area contributed by atoms with E-state index in [-0.39, 0.29) is 12.8 Å². The number of nitrogens with zero attached hydrogens (tertiary/aromatic N) is 1. The molecule has 0 saturated heterocycles. The molecular weight excluding hydrogens is 317 g/mol. The van der Waals surface area contributed by atoms with E-state index in [9.17, 15) is 18.3 Å². The van der Waals surface area contributed by atoms with E-state index < -0.39 is 24.4 Å². The second kappa shape index (κ2) is 8.26. The Morgan fingerprint density at radius 1 is 1.08 bits per heavy atom. The molecule has 3 nitrogen and oxygen atoms in total. The Labute approximate surface area is 139 Å². The van der Waals surface area contributed by atoms with E-state index in [1.807, 2.05) is 6.07 Å². The number of rotatable bonds is 7. The molecule has 1 aromatic carbocycles. The highest BCUT2D eigenvalue weighted by atomic mass is 19.4. The molecule has 2 rings (SSSR count). The van der Waals surface area contributed by atoms with Gasteiger partial charge in [0.25, 0.3) is 0 Å². The van der Waals surface area contributed by atoms with Gasteiger partial charge in [0.05, 0.1) is 6.10 Å². The number of hydrogen-bond donors (Lipinski definition) is 2. The molecule has 6 heteroatoms. The van der Waals surface area contributed by atoms with Gasteiger partial charge in [-0.3, -0.25) is 4.98 Å². The third-order valence-corrected chi connectivity index (χ3v) is 3.83. The van der Waals surface area contributed by atoms with Crippen LogP contribution in [-0.4, -0.2) is 28.4 Å². The van der Waals surface area contributed by atoms with Gasteiger partial charge in [0.2, 0.25) is 0 Å². The number of pyridine rings is 1. The van der Waals surface area contributed by atoms with Crippen LogP contribution in [0.25, 0.3) is 0 Å². The number of aliphatic hydroxyl groups is 1. The van der Waals surface area contributed by atoms with E-state index in [2.05, 4.69) is 10.3 Å². The summed E-state index contributed by atoms with van der Waals surface area (Å²) in [6.45, 7) is 1.65. The van der Waals surface area contributed by atoms with Crippen LogP contribution >= 0.6 is 0 Å². The van der Waals surface area contributed by atoms with Gasteiger partial charge in [0.15, 0.2) is 0 Å².